The lowest BCUT2D eigenvalue weighted by Crippen LogP contribution is -2.36. The fourth-order valence-corrected chi connectivity index (χ4v) is 4.52. The standard InChI is InChI=1S/C26H20Cl2N2O4S/c1-16-9-10-19(27)13-22(16)29-24(31)14-30-25(32)23(35-26(30)33)12-17-5-4-7-20(11-17)34-15-18-6-2-3-8-21(18)28/h2-13H,14-15H2,1H3,(H,29,31)/b23-12+. The first-order valence-corrected chi connectivity index (χ1v) is 12.1. The molecule has 178 valence electrons. The summed E-state index contributed by atoms with van der Waals surface area (Å²) in [6, 6.07) is 19.6. The molecule has 0 bridgehead atoms. The molecule has 3 aromatic carbocycles. The van der Waals surface area contributed by atoms with Gasteiger partial charge in [-0.2, -0.15) is 0 Å². The number of halogens is 2. The number of nitrogens with zero attached hydrogens (tertiary/aromatic N) is 1. The summed E-state index contributed by atoms with van der Waals surface area (Å²) in [6.07, 6.45) is 1.60. The minimum Gasteiger partial charge on any atom is -0.489 e. The number of thioether (sulfide) groups is 1. The number of nitrogens with one attached hydrogen (secondary N) is 1. The molecule has 1 saturated heterocycles. The van der Waals surface area contributed by atoms with E-state index in [-0.39, 0.29) is 4.91 Å². The second-order valence-corrected chi connectivity index (χ2v) is 9.56. The first kappa shape index (κ1) is 24.9. The number of rotatable bonds is 7. The van der Waals surface area contributed by atoms with Crippen molar-refractivity contribution in [1.29, 1.82) is 0 Å². The van der Waals surface area contributed by atoms with Crippen molar-refractivity contribution in [2.45, 2.75) is 13.5 Å². The fourth-order valence-electron chi connectivity index (χ4n) is 3.32. The Morgan fingerprint density at radius 3 is 2.66 bits per heavy atom. The number of amides is 3. The van der Waals surface area contributed by atoms with Gasteiger partial charge in [-0.05, 0) is 66.2 Å². The van der Waals surface area contributed by atoms with E-state index >= 15 is 0 Å². The molecule has 1 aliphatic heterocycles. The van der Waals surface area contributed by atoms with Crippen LogP contribution in [0.2, 0.25) is 10.0 Å². The highest BCUT2D eigenvalue weighted by molar-refractivity contribution is 8.18. The third-order valence-corrected chi connectivity index (χ3v) is 6.67. The summed E-state index contributed by atoms with van der Waals surface area (Å²) in [6.45, 7) is 1.72. The van der Waals surface area contributed by atoms with Gasteiger partial charge < -0.3 is 10.1 Å². The third-order valence-electron chi connectivity index (χ3n) is 5.16. The maximum absolute atomic E-state index is 12.8. The number of carbonyl (C=O) groups excluding carboxylic acids is 3. The van der Waals surface area contributed by atoms with Crippen molar-refractivity contribution in [2.75, 3.05) is 11.9 Å². The number of aryl methyl sites for hydroxylation is 1. The third kappa shape index (κ3) is 6.25. The van der Waals surface area contributed by atoms with Crippen molar-refractivity contribution < 1.29 is 19.1 Å². The lowest BCUT2D eigenvalue weighted by molar-refractivity contribution is -0.127. The van der Waals surface area contributed by atoms with E-state index in [1.807, 2.05) is 25.1 Å². The average molecular weight is 527 g/mol. The minimum absolute atomic E-state index is 0.227. The van der Waals surface area contributed by atoms with Crippen LogP contribution in [0.5, 0.6) is 5.75 Å². The molecule has 3 aromatic rings. The topological polar surface area (TPSA) is 75.7 Å². The van der Waals surface area contributed by atoms with Gasteiger partial charge in [0.25, 0.3) is 11.1 Å². The Balaban J connectivity index is 1.42. The first-order chi connectivity index (χ1) is 16.8. The number of imide groups is 1. The maximum atomic E-state index is 12.8. The van der Waals surface area contributed by atoms with E-state index in [2.05, 4.69) is 5.32 Å². The van der Waals surface area contributed by atoms with Crippen LogP contribution in [0.25, 0.3) is 6.08 Å². The van der Waals surface area contributed by atoms with Gasteiger partial charge in [0.15, 0.2) is 0 Å². The summed E-state index contributed by atoms with van der Waals surface area (Å²) in [5, 5.41) is 3.28. The van der Waals surface area contributed by atoms with Gasteiger partial charge in [-0.25, -0.2) is 0 Å². The zero-order valence-electron chi connectivity index (χ0n) is 18.6. The van der Waals surface area contributed by atoms with Gasteiger partial charge in [-0.3, -0.25) is 19.3 Å². The highest BCUT2D eigenvalue weighted by atomic mass is 35.5. The summed E-state index contributed by atoms with van der Waals surface area (Å²) in [5.41, 5.74) is 2.88. The van der Waals surface area contributed by atoms with E-state index in [4.69, 9.17) is 27.9 Å². The molecular formula is C26H20Cl2N2O4S. The lowest BCUT2D eigenvalue weighted by Gasteiger charge is -2.13. The summed E-state index contributed by atoms with van der Waals surface area (Å²) >= 11 is 12.9. The zero-order valence-corrected chi connectivity index (χ0v) is 20.9. The average Bonchev–Trinajstić information content (AvgIpc) is 3.08. The zero-order chi connectivity index (χ0) is 24.9. The van der Waals surface area contributed by atoms with Gasteiger partial charge in [-0.15, -0.1) is 0 Å². The minimum atomic E-state index is -0.527. The van der Waals surface area contributed by atoms with Crippen LogP contribution in [0, 0.1) is 6.92 Å². The molecule has 1 heterocycles. The molecule has 0 spiro atoms. The number of ether oxygens (including phenoxy) is 1. The molecule has 0 aromatic heterocycles. The van der Waals surface area contributed by atoms with Gasteiger partial charge in [0.1, 0.15) is 18.9 Å². The quantitative estimate of drug-likeness (QED) is 0.353. The number of hydrogen-bond donors (Lipinski definition) is 1. The molecular weight excluding hydrogens is 507 g/mol. The molecule has 1 fully saturated rings. The van der Waals surface area contributed by atoms with Gasteiger partial charge >= 0.3 is 0 Å². The first-order valence-electron chi connectivity index (χ1n) is 10.6. The Morgan fingerprint density at radius 2 is 1.86 bits per heavy atom. The normalized spacial score (nSPS) is 14.5. The molecule has 9 heteroatoms. The van der Waals surface area contributed by atoms with E-state index in [0.29, 0.717) is 33.7 Å². The van der Waals surface area contributed by atoms with E-state index in [0.717, 1.165) is 27.8 Å². The summed E-state index contributed by atoms with van der Waals surface area (Å²) in [4.78, 5) is 38.9. The molecule has 0 atom stereocenters. The van der Waals surface area contributed by atoms with Crippen molar-refractivity contribution in [3.8, 4) is 5.75 Å². The predicted molar refractivity (Wildman–Crippen MR) is 140 cm³/mol. The Labute approximate surface area is 216 Å². The van der Waals surface area contributed by atoms with E-state index in [1.54, 1.807) is 54.6 Å². The second-order valence-electron chi connectivity index (χ2n) is 7.73. The van der Waals surface area contributed by atoms with Crippen LogP contribution < -0.4 is 10.1 Å². The predicted octanol–water partition coefficient (Wildman–Crippen LogP) is 6.56. The summed E-state index contributed by atoms with van der Waals surface area (Å²) in [7, 11) is 0. The molecule has 0 aliphatic carbocycles. The van der Waals surface area contributed by atoms with Crippen molar-refractivity contribution in [1.82, 2.24) is 4.90 Å². The van der Waals surface area contributed by atoms with Gasteiger partial charge in [0.2, 0.25) is 5.91 Å². The largest absolute Gasteiger partial charge is 0.489 e. The summed E-state index contributed by atoms with van der Waals surface area (Å²) in [5.74, 6) is -0.427. The van der Waals surface area contributed by atoms with E-state index in [9.17, 15) is 14.4 Å². The highest BCUT2D eigenvalue weighted by Gasteiger charge is 2.36. The van der Waals surface area contributed by atoms with Gasteiger partial charge in [0, 0.05) is 21.3 Å². The van der Waals surface area contributed by atoms with Crippen LogP contribution in [-0.4, -0.2) is 28.5 Å². The van der Waals surface area contributed by atoms with E-state index < -0.39 is 23.6 Å². The number of benzene rings is 3. The van der Waals surface area contributed by atoms with Crippen molar-refractivity contribution >= 4 is 63.8 Å². The Kier molecular flexibility index (Phi) is 7.80. The monoisotopic (exact) mass is 526 g/mol. The van der Waals surface area contributed by atoms with Crippen LogP contribution in [0.4, 0.5) is 10.5 Å². The fraction of sp³-hybridized carbons (Fsp3) is 0.115. The van der Waals surface area contributed by atoms with Crippen molar-refractivity contribution in [3.05, 3.63) is 98.4 Å². The molecule has 1 N–H and O–H groups in total. The summed E-state index contributed by atoms with van der Waals surface area (Å²) < 4.78 is 5.83. The lowest BCUT2D eigenvalue weighted by atomic mass is 10.2. The highest BCUT2D eigenvalue weighted by Crippen LogP contribution is 2.33. The number of carbonyl (C=O) groups is 3. The van der Waals surface area contributed by atoms with Gasteiger partial charge in [-0.1, -0.05) is 59.6 Å². The SMILES string of the molecule is Cc1ccc(Cl)cc1NC(=O)CN1C(=O)S/C(=C/c2cccc(OCc3ccccc3Cl)c2)C1=O. The van der Waals surface area contributed by atoms with E-state index in [1.165, 1.54) is 0 Å². The van der Waals surface area contributed by atoms with Crippen LogP contribution in [0.15, 0.2) is 71.6 Å². The molecule has 0 radical (unpaired) electrons. The molecule has 0 saturated carbocycles. The Bertz CT molecular complexity index is 1340. The van der Waals surface area contributed by atoms with Crippen LogP contribution >= 0.6 is 35.0 Å². The van der Waals surface area contributed by atoms with Crippen LogP contribution in [0.1, 0.15) is 16.7 Å². The second kappa shape index (κ2) is 11.0. The van der Waals surface area contributed by atoms with Crippen molar-refractivity contribution in [3.63, 3.8) is 0 Å². The van der Waals surface area contributed by atoms with Crippen molar-refractivity contribution in [2.24, 2.45) is 0 Å². The van der Waals surface area contributed by atoms with Gasteiger partial charge in [0.05, 0.1) is 4.91 Å². The van der Waals surface area contributed by atoms with Crippen LogP contribution in [0.3, 0.4) is 0 Å². The maximum Gasteiger partial charge on any atom is 0.294 e. The molecule has 0 unspecified atom stereocenters. The molecule has 6 nitrogen and oxygen atoms in total. The Hall–Kier alpha value is -3.26. The van der Waals surface area contributed by atoms with Crippen LogP contribution in [-0.2, 0) is 16.2 Å². The molecule has 3 amide bonds. The number of hydrogen-bond acceptors (Lipinski definition) is 5. The smallest absolute Gasteiger partial charge is 0.294 e. The molecule has 1 aliphatic rings. The molecule has 35 heavy (non-hydrogen) atoms. The molecule has 4 rings (SSSR count). The Morgan fingerprint density at radius 1 is 1.06 bits per heavy atom. The number of anilines is 1.